The van der Waals surface area contributed by atoms with Crippen LogP contribution >= 0.6 is 0 Å². The van der Waals surface area contributed by atoms with E-state index in [1.807, 2.05) is 78.9 Å². The average Bonchev–Trinajstić information content (AvgIpc) is 3.71. The molecule has 1 nitrogen and oxygen atoms in total. The molecule has 0 unspecified atom stereocenters. The van der Waals surface area contributed by atoms with Gasteiger partial charge in [0.2, 0.25) is 0 Å². The third-order valence-corrected chi connectivity index (χ3v) is 9.76. The summed E-state index contributed by atoms with van der Waals surface area (Å²) in [5, 5.41) is 3.24. The Bertz CT molecular complexity index is 3970. The molecule has 51 heavy (non-hydrogen) atoms. The Hall–Kier alpha value is -6.70. The monoisotopic (exact) mass is 661 g/mol. The highest BCUT2D eigenvalue weighted by Gasteiger charge is 2.20. The zero-order valence-corrected chi connectivity index (χ0v) is 26.6. The molecule has 0 fully saturated rings. The third kappa shape index (κ3) is 4.22. The van der Waals surface area contributed by atoms with Gasteiger partial charge in [-0.3, -0.25) is 0 Å². The van der Waals surface area contributed by atoms with Crippen molar-refractivity contribution in [3.05, 3.63) is 182 Å². The minimum absolute atomic E-state index is 0.0302. The fourth-order valence-electron chi connectivity index (χ4n) is 7.56. The minimum atomic E-state index is -0.761. The molecule has 0 amide bonds. The van der Waals surface area contributed by atoms with E-state index < -0.39 is 107 Å². The number of hydrogen-bond donors (Lipinski definition) is 0. The third-order valence-electron chi connectivity index (χ3n) is 9.76. The first kappa shape index (κ1) is 17.3. The Balaban J connectivity index is 1.37. The van der Waals surface area contributed by atoms with Crippen molar-refractivity contribution in [1.82, 2.24) is 0 Å². The molecule has 0 radical (unpaired) electrons. The molecule has 0 saturated heterocycles. The van der Waals surface area contributed by atoms with E-state index >= 15 is 0 Å². The molecule has 0 aliphatic rings. The summed E-state index contributed by atoms with van der Waals surface area (Å²) in [6, 6.07) is 18.6. The zero-order valence-electron chi connectivity index (χ0n) is 41.6. The van der Waals surface area contributed by atoms with Crippen molar-refractivity contribution in [2.24, 2.45) is 0 Å². The van der Waals surface area contributed by atoms with Gasteiger partial charge in [-0.1, -0.05) is 151 Å². The van der Waals surface area contributed by atoms with Crippen LogP contribution in [0.4, 0.5) is 0 Å². The van der Waals surface area contributed by atoms with Gasteiger partial charge in [0, 0.05) is 10.8 Å². The van der Waals surface area contributed by atoms with Crippen LogP contribution in [-0.4, -0.2) is 0 Å². The number of fused-ring (bicyclic) bond motifs is 9. The van der Waals surface area contributed by atoms with Gasteiger partial charge in [-0.25, -0.2) is 0 Å². The van der Waals surface area contributed by atoms with Crippen LogP contribution in [0.2, 0.25) is 0 Å². The van der Waals surface area contributed by atoms with Crippen molar-refractivity contribution in [3.8, 4) is 33.4 Å². The molecule has 0 atom stereocenters. The van der Waals surface area contributed by atoms with Gasteiger partial charge >= 0.3 is 0 Å². The Morgan fingerprint density at radius 3 is 1.73 bits per heavy atom. The fourth-order valence-corrected chi connectivity index (χ4v) is 7.56. The maximum absolute atomic E-state index is 9.61. The van der Waals surface area contributed by atoms with Gasteiger partial charge in [0.1, 0.15) is 11.2 Å². The van der Waals surface area contributed by atoms with E-state index in [0.717, 1.165) is 27.1 Å². The summed E-state index contributed by atoms with van der Waals surface area (Å²) in [7, 11) is 0. The van der Waals surface area contributed by atoms with Gasteiger partial charge in [-0.2, -0.15) is 0 Å². The molecule has 1 aromatic heterocycles. The highest BCUT2D eigenvalue weighted by molar-refractivity contribution is 6.26. The average molecular weight is 662 g/mol. The maximum atomic E-state index is 9.61. The summed E-state index contributed by atoms with van der Waals surface area (Å²) >= 11 is 0. The predicted octanol–water partition coefficient (Wildman–Crippen LogP) is 14.4. The van der Waals surface area contributed by atoms with Gasteiger partial charge in [-0.05, 0) is 118 Å². The first-order chi connectivity index (χ1) is 31.5. The second kappa shape index (κ2) is 10.9. The summed E-state index contributed by atoms with van der Waals surface area (Å²) in [5.41, 5.74) is 2.35. The van der Waals surface area contributed by atoms with E-state index in [1.165, 1.54) is 0 Å². The van der Waals surface area contributed by atoms with E-state index in [2.05, 4.69) is 0 Å². The van der Waals surface area contributed by atoms with Crippen LogP contribution in [0.5, 0.6) is 0 Å². The Kier molecular flexibility index (Phi) is 3.70. The van der Waals surface area contributed by atoms with Crippen molar-refractivity contribution < 1.29 is 25.0 Å². The van der Waals surface area contributed by atoms with Crippen LogP contribution in [0, 0.1) is 0 Å². The Labute approximate surface area is 315 Å². The first-order valence-corrected chi connectivity index (χ1v) is 16.4. The standard InChI is InChI=1S/C50H30O/c1-4-16-36-31(12-1)15-11-23-39(36)48-40-19-7-9-21-42(40)49(43-22-10-8-20-41(43)48)44-30-35(28-34-14-3-5-17-37(34)44)33-25-26-46-45(29-33)50-38-18-6-2-13-32(38)24-27-47(50)51-46/h1-30H/i1D,4D,7D,8D,9D,10D,11D,12D,15D,16D,19D,20D,21D,22D,23D. The minimum Gasteiger partial charge on any atom is -0.456 e. The molecule has 1 heterocycles. The molecule has 1 heteroatoms. The fraction of sp³-hybridized carbons (Fsp3) is 0. The van der Waals surface area contributed by atoms with Crippen LogP contribution in [0.25, 0.3) is 109 Å². The summed E-state index contributed by atoms with van der Waals surface area (Å²) in [5.74, 6) is 0. The molecule has 0 saturated carbocycles. The van der Waals surface area contributed by atoms with E-state index in [1.54, 1.807) is 12.1 Å². The van der Waals surface area contributed by atoms with Crippen LogP contribution in [-0.2, 0) is 0 Å². The molecule has 11 rings (SSSR count). The number of hydrogen-bond acceptors (Lipinski definition) is 1. The van der Waals surface area contributed by atoms with Crippen LogP contribution in [0.15, 0.2) is 186 Å². The number of benzene rings is 10. The predicted molar refractivity (Wildman–Crippen MR) is 218 cm³/mol. The molecule has 0 bridgehead atoms. The van der Waals surface area contributed by atoms with Gasteiger partial charge in [0.25, 0.3) is 0 Å². The largest absolute Gasteiger partial charge is 0.456 e. The van der Waals surface area contributed by atoms with E-state index in [-0.39, 0.29) is 32.7 Å². The summed E-state index contributed by atoms with van der Waals surface area (Å²) in [6.45, 7) is 0. The quantitative estimate of drug-likeness (QED) is 0.172. The van der Waals surface area contributed by atoms with Gasteiger partial charge in [-0.15, -0.1) is 0 Å². The smallest absolute Gasteiger partial charge is 0.136 e. The van der Waals surface area contributed by atoms with Crippen LogP contribution in [0.3, 0.4) is 0 Å². The van der Waals surface area contributed by atoms with Crippen molar-refractivity contribution in [2.75, 3.05) is 0 Å². The molecule has 0 N–H and O–H groups in total. The molecule has 10 aromatic carbocycles. The summed E-state index contributed by atoms with van der Waals surface area (Å²) < 4.78 is 143. The highest BCUT2D eigenvalue weighted by Crippen LogP contribution is 2.48. The van der Waals surface area contributed by atoms with Gasteiger partial charge in [0.05, 0.1) is 20.6 Å². The topological polar surface area (TPSA) is 13.1 Å². The lowest BCUT2D eigenvalue weighted by molar-refractivity contribution is 0.669. The van der Waals surface area contributed by atoms with E-state index in [4.69, 9.17) is 18.1 Å². The van der Waals surface area contributed by atoms with Crippen LogP contribution in [0.1, 0.15) is 20.6 Å². The van der Waals surface area contributed by atoms with Crippen LogP contribution < -0.4 is 0 Å². The van der Waals surface area contributed by atoms with Gasteiger partial charge in [0.15, 0.2) is 0 Å². The van der Waals surface area contributed by atoms with Crippen molar-refractivity contribution >= 4 is 75.8 Å². The van der Waals surface area contributed by atoms with Crippen molar-refractivity contribution in [3.63, 3.8) is 0 Å². The molecule has 236 valence electrons. The molecule has 0 aliphatic heterocycles. The number of rotatable bonds is 3. The maximum Gasteiger partial charge on any atom is 0.136 e. The lowest BCUT2D eigenvalue weighted by Crippen LogP contribution is -1.93. The first-order valence-electron chi connectivity index (χ1n) is 23.9. The van der Waals surface area contributed by atoms with Gasteiger partial charge < -0.3 is 4.42 Å². The summed E-state index contributed by atoms with van der Waals surface area (Å²) in [6.07, 6.45) is 0. The zero-order chi connectivity index (χ0) is 46.5. The Morgan fingerprint density at radius 2 is 0.961 bits per heavy atom. The second-order valence-electron chi connectivity index (χ2n) is 12.5. The molecule has 0 aliphatic carbocycles. The second-order valence-corrected chi connectivity index (χ2v) is 12.5. The molecular weight excluding hydrogens is 617 g/mol. The lowest BCUT2D eigenvalue weighted by atomic mass is 9.83. The highest BCUT2D eigenvalue weighted by atomic mass is 16.3. The van der Waals surface area contributed by atoms with E-state index in [9.17, 15) is 6.85 Å². The molecule has 11 aromatic rings. The molecule has 0 spiro atoms. The Morgan fingerprint density at radius 1 is 0.353 bits per heavy atom. The van der Waals surface area contributed by atoms with Crippen molar-refractivity contribution in [2.45, 2.75) is 0 Å². The van der Waals surface area contributed by atoms with Crippen molar-refractivity contribution in [1.29, 1.82) is 0 Å². The lowest BCUT2D eigenvalue weighted by Gasteiger charge is -2.20. The molecular formula is C50H30O. The van der Waals surface area contributed by atoms with E-state index in [0.29, 0.717) is 33.1 Å². The summed E-state index contributed by atoms with van der Waals surface area (Å²) in [4.78, 5) is 0. The normalized spacial score (nSPS) is 16.0. The SMILES string of the molecule is [2H]c1c([2H])c([2H])c2c(-c3c4c([2H])c([2H])c([2H])c([2H])c4c(-c4cc(-c5ccc6oc7ccc8ccccc8c7c6c5)cc5ccccc45)c4c([2H])c([2H])c([2H])c([2H])c34)c([2H])c([2H])c([2H])c2c1[2H]. The number of furan rings is 1.